The summed E-state index contributed by atoms with van der Waals surface area (Å²) in [4.78, 5) is 27.1. The first-order valence-electron chi connectivity index (χ1n) is 13.7. The van der Waals surface area contributed by atoms with Crippen LogP contribution in [0.15, 0.2) is 23.5 Å². The maximum atomic E-state index is 13.7. The molecule has 3 saturated carbocycles. The molecule has 0 spiro atoms. The van der Waals surface area contributed by atoms with Gasteiger partial charge in [0.1, 0.15) is 18.0 Å². The fraction of sp³-hybridized carbons (Fsp3) is 0.793. The van der Waals surface area contributed by atoms with E-state index in [0.29, 0.717) is 12.8 Å². The molecule has 0 aromatic heterocycles. The minimum atomic E-state index is -0.493. The maximum Gasteiger partial charge on any atom is 0.168 e. The number of Topliss-reactive ketones (excluding diaryl/α,β-unsaturated/α-hetero) is 1. The van der Waals surface area contributed by atoms with Crippen LogP contribution in [0, 0.1) is 23.7 Å². The average molecular weight is 505 g/mol. The summed E-state index contributed by atoms with van der Waals surface area (Å²) in [6, 6.07) is 0. The van der Waals surface area contributed by atoms with Crippen LogP contribution in [0.4, 0.5) is 0 Å². The molecule has 0 N–H and O–H groups in total. The van der Waals surface area contributed by atoms with Gasteiger partial charge in [-0.1, -0.05) is 25.3 Å². The first-order chi connectivity index (χ1) is 17.4. The molecule has 0 aromatic rings. The molecule has 1 heterocycles. The SMILES string of the molecule is COC1CC(C=CC(=O)C2C(OC)CCC3C(=O)C(C)=C(C4CCCCC4)OC32)CC(OC)C1OC. The van der Waals surface area contributed by atoms with Crippen molar-refractivity contribution in [2.75, 3.05) is 28.4 Å². The second kappa shape index (κ2) is 12.3. The highest BCUT2D eigenvalue weighted by atomic mass is 16.6. The third-order valence-electron chi connectivity index (χ3n) is 9.07. The molecule has 0 saturated heterocycles. The van der Waals surface area contributed by atoms with E-state index < -0.39 is 12.0 Å². The predicted octanol–water partition coefficient (Wildman–Crippen LogP) is 4.43. The van der Waals surface area contributed by atoms with Crippen LogP contribution >= 0.6 is 0 Å². The molecule has 4 aliphatic rings. The fourth-order valence-electron chi connectivity index (χ4n) is 7.06. The molecule has 0 bridgehead atoms. The van der Waals surface area contributed by atoms with E-state index in [9.17, 15) is 9.59 Å². The Hall–Kier alpha value is -1.54. The zero-order chi connectivity index (χ0) is 25.8. The van der Waals surface area contributed by atoms with Crippen LogP contribution in [-0.2, 0) is 33.3 Å². The smallest absolute Gasteiger partial charge is 0.168 e. The number of hydrogen-bond acceptors (Lipinski definition) is 7. The molecule has 6 unspecified atom stereocenters. The molecule has 0 radical (unpaired) electrons. The van der Waals surface area contributed by atoms with E-state index in [-0.39, 0.29) is 53.7 Å². The highest BCUT2D eigenvalue weighted by Crippen LogP contribution is 2.44. The van der Waals surface area contributed by atoms with Crippen molar-refractivity contribution in [2.24, 2.45) is 23.7 Å². The average Bonchev–Trinajstić information content (AvgIpc) is 2.92. The Morgan fingerprint density at radius 2 is 1.50 bits per heavy atom. The van der Waals surface area contributed by atoms with Crippen LogP contribution in [0.2, 0.25) is 0 Å². The van der Waals surface area contributed by atoms with E-state index in [0.717, 1.165) is 49.9 Å². The standard InChI is InChI=1S/C29H44O7/c1-17-26(31)20-12-14-22(32-2)25(28(20)36-27(17)19-9-7-6-8-10-19)21(30)13-11-18-15-23(33-3)29(35-5)24(16-18)34-4/h11,13,18-20,22-25,28-29H,6-10,12,14-16H2,1-5H3. The van der Waals surface area contributed by atoms with E-state index in [1.165, 1.54) is 6.42 Å². The van der Waals surface area contributed by atoms with Gasteiger partial charge >= 0.3 is 0 Å². The molecule has 3 aliphatic carbocycles. The molecule has 0 aromatic carbocycles. The summed E-state index contributed by atoms with van der Waals surface area (Å²) < 4.78 is 29.4. The lowest BCUT2D eigenvalue weighted by Crippen LogP contribution is -2.52. The zero-order valence-electron chi connectivity index (χ0n) is 22.6. The van der Waals surface area contributed by atoms with E-state index >= 15 is 0 Å². The largest absolute Gasteiger partial charge is 0.492 e. The number of ether oxygens (including phenoxy) is 5. The number of fused-ring (bicyclic) bond motifs is 1. The van der Waals surface area contributed by atoms with Gasteiger partial charge in [0, 0.05) is 39.9 Å². The summed E-state index contributed by atoms with van der Waals surface area (Å²) in [6.07, 6.45) is 11.2. The van der Waals surface area contributed by atoms with Crippen LogP contribution in [0.1, 0.15) is 64.7 Å². The van der Waals surface area contributed by atoms with Crippen LogP contribution in [0.3, 0.4) is 0 Å². The first kappa shape index (κ1) is 27.5. The Morgan fingerprint density at radius 1 is 0.861 bits per heavy atom. The number of methoxy groups -OCH3 is 4. The van der Waals surface area contributed by atoms with E-state index in [1.54, 1.807) is 34.5 Å². The van der Waals surface area contributed by atoms with Gasteiger partial charge in [0.05, 0.1) is 30.1 Å². The Kier molecular flexibility index (Phi) is 9.42. The third-order valence-corrected chi connectivity index (χ3v) is 9.07. The lowest BCUT2D eigenvalue weighted by molar-refractivity contribution is -0.150. The Bertz CT molecular complexity index is 829. The second-order valence-electron chi connectivity index (χ2n) is 11.0. The van der Waals surface area contributed by atoms with Crippen molar-refractivity contribution >= 4 is 11.6 Å². The molecule has 36 heavy (non-hydrogen) atoms. The zero-order valence-corrected chi connectivity index (χ0v) is 22.6. The van der Waals surface area contributed by atoms with E-state index in [1.807, 2.05) is 13.0 Å². The topological polar surface area (TPSA) is 80.3 Å². The Labute approximate surface area is 215 Å². The van der Waals surface area contributed by atoms with Gasteiger partial charge in [-0.05, 0) is 57.4 Å². The molecule has 7 nitrogen and oxygen atoms in total. The van der Waals surface area contributed by atoms with Crippen molar-refractivity contribution in [3.63, 3.8) is 0 Å². The van der Waals surface area contributed by atoms with Gasteiger partial charge in [0.2, 0.25) is 0 Å². The van der Waals surface area contributed by atoms with Crippen molar-refractivity contribution < 1.29 is 33.3 Å². The van der Waals surface area contributed by atoms with Crippen molar-refractivity contribution in [3.8, 4) is 0 Å². The summed E-state index contributed by atoms with van der Waals surface area (Å²) in [6.45, 7) is 1.91. The first-order valence-corrected chi connectivity index (χ1v) is 13.7. The minimum Gasteiger partial charge on any atom is -0.492 e. The van der Waals surface area contributed by atoms with Crippen LogP contribution < -0.4 is 0 Å². The summed E-state index contributed by atoms with van der Waals surface area (Å²) in [5.41, 5.74) is 0.770. The number of allylic oxidation sites excluding steroid dienone is 4. The third kappa shape index (κ3) is 5.50. The highest BCUT2D eigenvalue weighted by molar-refractivity contribution is 6.00. The molecular weight excluding hydrogens is 460 g/mol. The highest BCUT2D eigenvalue weighted by Gasteiger charge is 2.51. The van der Waals surface area contributed by atoms with E-state index in [4.69, 9.17) is 23.7 Å². The fourth-order valence-corrected chi connectivity index (χ4v) is 7.06. The molecule has 1 aliphatic heterocycles. The Balaban J connectivity index is 1.53. The van der Waals surface area contributed by atoms with Gasteiger partial charge in [-0.15, -0.1) is 0 Å². The molecule has 202 valence electrons. The number of carbonyl (C=O) groups excluding carboxylic acids is 2. The van der Waals surface area contributed by atoms with Crippen LogP contribution in [0.5, 0.6) is 0 Å². The lowest BCUT2D eigenvalue weighted by atomic mass is 9.69. The summed E-state index contributed by atoms with van der Waals surface area (Å²) in [7, 11) is 6.70. The molecule has 7 heteroatoms. The van der Waals surface area contributed by atoms with Gasteiger partial charge in [0.25, 0.3) is 0 Å². The van der Waals surface area contributed by atoms with Gasteiger partial charge in [-0.3, -0.25) is 9.59 Å². The molecule has 6 atom stereocenters. The summed E-state index contributed by atoms with van der Waals surface area (Å²) in [5, 5.41) is 0. The summed E-state index contributed by atoms with van der Waals surface area (Å²) in [5.74, 6) is 0.612. The number of hydrogen-bond donors (Lipinski definition) is 0. The number of carbonyl (C=O) groups is 2. The second-order valence-corrected chi connectivity index (χ2v) is 11.0. The van der Waals surface area contributed by atoms with Crippen molar-refractivity contribution in [2.45, 2.75) is 95.2 Å². The predicted molar refractivity (Wildman–Crippen MR) is 135 cm³/mol. The maximum absolute atomic E-state index is 13.7. The van der Waals surface area contributed by atoms with Gasteiger partial charge in [0.15, 0.2) is 11.6 Å². The number of ketones is 2. The van der Waals surface area contributed by atoms with Crippen LogP contribution in [0.25, 0.3) is 0 Å². The monoisotopic (exact) mass is 504 g/mol. The van der Waals surface area contributed by atoms with Crippen molar-refractivity contribution in [1.82, 2.24) is 0 Å². The quantitative estimate of drug-likeness (QED) is 0.453. The number of rotatable bonds is 8. The van der Waals surface area contributed by atoms with Crippen LogP contribution in [-0.4, -0.2) is 70.5 Å². The van der Waals surface area contributed by atoms with Crippen molar-refractivity contribution in [1.29, 1.82) is 0 Å². The Morgan fingerprint density at radius 3 is 2.08 bits per heavy atom. The van der Waals surface area contributed by atoms with Gasteiger partial charge < -0.3 is 23.7 Å². The molecule has 3 fully saturated rings. The molecule has 0 amide bonds. The lowest BCUT2D eigenvalue weighted by Gasteiger charge is -2.45. The van der Waals surface area contributed by atoms with E-state index in [2.05, 4.69) is 0 Å². The normalized spacial score (nSPS) is 38.2. The van der Waals surface area contributed by atoms with Crippen molar-refractivity contribution in [3.05, 3.63) is 23.5 Å². The van der Waals surface area contributed by atoms with Gasteiger partial charge in [-0.25, -0.2) is 0 Å². The molecular formula is C29H44O7. The molecule has 4 rings (SSSR count). The minimum absolute atomic E-state index is 0.0244. The summed E-state index contributed by atoms with van der Waals surface area (Å²) >= 11 is 0. The van der Waals surface area contributed by atoms with Gasteiger partial charge in [-0.2, -0.15) is 0 Å².